The quantitative estimate of drug-likeness (QED) is 0.517. The number of pyridine rings is 1. The van der Waals surface area contributed by atoms with Crippen molar-refractivity contribution in [3.63, 3.8) is 0 Å². The molecule has 0 fully saturated rings. The third-order valence-corrected chi connectivity index (χ3v) is 3.25. The van der Waals surface area contributed by atoms with Crippen LogP contribution < -0.4 is 11.3 Å². The Labute approximate surface area is 122 Å². The molecule has 0 aliphatic rings. The van der Waals surface area contributed by atoms with Crippen LogP contribution in [0.2, 0.25) is 5.02 Å². The van der Waals surface area contributed by atoms with Gasteiger partial charge < -0.3 is 0 Å². The SMILES string of the molecule is NNC(c1cnccc1C(F)(F)F)c1c(F)cccc1Cl. The zero-order valence-electron chi connectivity index (χ0n) is 10.5. The Kier molecular flexibility index (Phi) is 4.46. The van der Waals surface area contributed by atoms with Gasteiger partial charge in [-0.2, -0.15) is 13.2 Å². The van der Waals surface area contributed by atoms with Crippen LogP contribution in [-0.2, 0) is 6.18 Å². The maximum atomic E-state index is 13.9. The third kappa shape index (κ3) is 3.15. The van der Waals surface area contributed by atoms with Crippen molar-refractivity contribution >= 4 is 11.6 Å². The molecule has 0 aliphatic carbocycles. The van der Waals surface area contributed by atoms with Crippen LogP contribution >= 0.6 is 11.6 Å². The Balaban J connectivity index is 2.63. The van der Waals surface area contributed by atoms with Gasteiger partial charge in [-0.05, 0) is 18.2 Å². The summed E-state index contributed by atoms with van der Waals surface area (Å²) in [6, 6.07) is 3.34. The van der Waals surface area contributed by atoms with Crippen LogP contribution in [0.3, 0.4) is 0 Å². The molecule has 0 radical (unpaired) electrons. The first-order chi connectivity index (χ1) is 9.86. The van der Waals surface area contributed by atoms with Crippen LogP contribution in [0.1, 0.15) is 22.7 Å². The minimum absolute atomic E-state index is 0.0325. The molecule has 112 valence electrons. The van der Waals surface area contributed by atoms with Crippen molar-refractivity contribution in [1.82, 2.24) is 10.4 Å². The van der Waals surface area contributed by atoms with Crippen LogP contribution in [0.15, 0.2) is 36.7 Å². The molecule has 21 heavy (non-hydrogen) atoms. The van der Waals surface area contributed by atoms with Crippen molar-refractivity contribution in [1.29, 1.82) is 0 Å². The Morgan fingerprint density at radius 2 is 1.95 bits per heavy atom. The second-order valence-corrected chi connectivity index (χ2v) is 4.60. The Hall–Kier alpha value is -1.70. The average molecular weight is 320 g/mol. The van der Waals surface area contributed by atoms with E-state index in [9.17, 15) is 17.6 Å². The number of halogens is 5. The van der Waals surface area contributed by atoms with E-state index in [1.807, 2.05) is 0 Å². The highest BCUT2D eigenvalue weighted by Gasteiger charge is 2.36. The summed E-state index contributed by atoms with van der Waals surface area (Å²) < 4.78 is 53.0. The fourth-order valence-corrected chi connectivity index (χ4v) is 2.28. The fourth-order valence-electron chi connectivity index (χ4n) is 2.01. The summed E-state index contributed by atoms with van der Waals surface area (Å²) in [4.78, 5) is 3.65. The number of hydrogen-bond acceptors (Lipinski definition) is 3. The number of nitrogens with one attached hydrogen (secondary N) is 1. The molecule has 2 aromatic rings. The number of rotatable bonds is 3. The minimum atomic E-state index is -4.62. The van der Waals surface area contributed by atoms with Crippen molar-refractivity contribution < 1.29 is 17.6 Å². The highest BCUT2D eigenvalue weighted by Crippen LogP contribution is 2.38. The van der Waals surface area contributed by atoms with Gasteiger partial charge in [0.2, 0.25) is 0 Å². The van der Waals surface area contributed by atoms with Crippen LogP contribution in [-0.4, -0.2) is 4.98 Å². The molecule has 0 saturated carbocycles. The van der Waals surface area contributed by atoms with E-state index in [0.717, 1.165) is 24.5 Å². The first-order valence-electron chi connectivity index (χ1n) is 5.77. The number of nitrogens with two attached hydrogens (primary N) is 1. The van der Waals surface area contributed by atoms with E-state index in [1.165, 1.54) is 12.1 Å². The topological polar surface area (TPSA) is 50.9 Å². The maximum absolute atomic E-state index is 13.9. The second kappa shape index (κ2) is 5.97. The van der Waals surface area contributed by atoms with Crippen LogP contribution in [0.5, 0.6) is 0 Å². The molecule has 3 N–H and O–H groups in total. The van der Waals surface area contributed by atoms with Crippen molar-refractivity contribution in [2.75, 3.05) is 0 Å². The van der Waals surface area contributed by atoms with E-state index in [-0.39, 0.29) is 16.1 Å². The zero-order valence-corrected chi connectivity index (χ0v) is 11.2. The van der Waals surface area contributed by atoms with Gasteiger partial charge in [0.05, 0.1) is 11.6 Å². The summed E-state index contributed by atoms with van der Waals surface area (Å²) in [5.41, 5.74) is 0.733. The molecule has 0 saturated heterocycles. The van der Waals surface area contributed by atoms with Gasteiger partial charge >= 0.3 is 6.18 Å². The fraction of sp³-hybridized carbons (Fsp3) is 0.154. The number of hydrogen-bond donors (Lipinski definition) is 2. The second-order valence-electron chi connectivity index (χ2n) is 4.20. The van der Waals surface area contributed by atoms with Crippen LogP contribution in [0, 0.1) is 5.82 Å². The van der Waals surface area contributed by atoms with Gasteiger partial charge in [0.1, 0.15) is 5.82 Å². The smallest absolute Gasteiger partial charge is 0.271 e. The predicted molar refractivity (Wildman–Crippen MR) is 69.8 cm³/mol. The zero-order chi connectivity index (χ0) is 15.6. The summed E-state index contributed by atoms with van der Waals surface area (Å²) in [6.07, 6.45) is -2.63. The number of benzene rings is 1. The summed E-state index contributed by atoms with van der Waals surface area (Å²) >= 11 is 5.88. The maximum Gasteiger partial charge on any atom is 0.416 e. The number of aromatic nitrogens is 1. The van der Waals surface area contributed by atoms with E-state index in [1.54, 1.807) is 0 Å². The molecule has 0 bridgehead atoms. The molecule has 1 aromatic heterocycles. The van der Waals surface area contributed by atoms with Gasteiger partial charge in [-0.25, -0.2) is 9.82 Å². The lowest BCUT2D eigenvalue weighted by Crippen LogP contribution is -2.31. The van der Waals surface area contributed by atoms with Crippen molar-refractivity contribution in [2.45, 2.75) is 12.2 Å². The molecule has 3 nitrogen and oxygen atoms in total. The predicted octanol–water partition coefficient (Wildman–Crippen LogP) is 3.45. The molecule has 0 aliphatic heterocycles. The summed E-state index contributed by atoms with van der Waals surface area (Å²) in [7, 11) is 0. The number of nitrogens with zero attached hydrogens (tertiary/aromatic N) is 1. The van der Waals surface area contributed by atoms with Crippen LogP contribution in [0.25, 0.3) is 0 Å². The van der Waals surface area contributed by atoms with Crippen molar-refractivity contribution in [3.8, 4) is 0 Å². The molecule has 0 spiro atoms. The van der Waals surface area contributed by atoms with E-state index in [2.05, 4.69) is 10.4 Å². The molecule has 1 aromatic carbocycles. The molecule has 8 heteroatoms. The Bertz CT molecular complexity index is 625. The van der Waals surface area contributed by atoms with Crippen LogP contribution in [0.4, 0.5) is 17.6 Å². The summed E-state index contributed by atoms with van der Waals surface area (Å²) in [5, 5.41) is -0.0325. The summed E-state index contributed by atoms with van der Waals surface area (Å²) in [6.45, 7) is 0. The standard InChI is InChI=1S/C13H10ClF4N3/c14-9-2-1-3-10(15)11(9)12(21-19)7-6-20-5-4-8(7)13(16,17)18/h1-6,12,21H,19H2. The lowest BCUT2D eigenvalue weighted by molar-refractivity contribution is -0.138. The van der Waals surface area contributed by atoms with Gasteiger partial charge in [-0.15, -0.1) is 0 Å². The number of alkyl halides is 3. The molecule has 1 heterocycles. The van der Waals surface area contributed by atoms with Crippen molar-refractivity contribution in [3.05, 3.63) is 64.2 Å². The van der Waals surface area contributed by atoms with Gasteiger partial charge in [0.15, 0.2) is 0 Å². The number of hydrazine groups is 1. The first-order valence-corrected chi connectivity index (χ1v) is 6.15. The molecule has 0 amide bonds. The van der Waals surface area contributed by atoms with E-state index >= 15 is 0 Å². The van der Waals surface area contributed by atoms with E-state index in [4.69, 9.17) is 17.4 Å². The van der Waals surface area contributed by atoms with E-state index in [0.29, 0.717) is 0 Å². The third-order valence-electron chi connectivity index (χ3n) is 2.92. The average Bonchev–Trinajstić information content (AvgIpc) is 2.42. The summed E-state index contributed by atoms with van der Waals surface area (Å²) in [5.74, 6) is 4.55. The van der Waals surface area contributed by atoms with Crippen molar-refractivity contribution in [2.24, 2.45) is 5.84 Å². The molecule has 1 unspecified atom stereocenters. The highest BCUT2D eigenvalue weighted by atomic mass is 35.5. The minimum Gasteiger partial charge on any atom is -0.271 e. The van der Waals surface area contributed by atoms with Gasteiger partial charge in [0.25, 0.3) is 0 Å². The largest absolute Gasteiger partial charge is 0.416 e. The van der Waals surface area contributed by atoms with Gasteiger partial charge in [-0.1, -0.05) is 17.7 Å². The lowest BCUT2D eigenvalue weighted by Gasteiger charge is -2.22. The van der Waals surface area contributed by atoms with E-state index < -0.39 is 23.6 Å². The molecule has 1 atom stereocenters. The first kappa shape index (κ1) is 15.7. The monoisotopic (exact) mass is 319 g/mol. The highest BCUT2D eigenvalue weighted by molar-refractivity contribution is 6.31. The molecular weight excluding hydrogens is 310 g/mol. The molecule has 2 rings (SSSR count). The van der Waals surface area contributed by atoms with Gasteiger partial charge in [-0.3, -0.25) is 10.8 Å². The lowest BCUT2D eigenvalue weighted by atomic mass is 9.96. The normalized spacial score (nSPS) is 13.2. The van der Waals surface area contributed by atoms with Gasteiger partial charge in [0, 0.05) is 28.5 Å². The Morgan fingerprint density at radius 3 is 2.52 bits per heavy atom. The molecular formula is C13H10ClF4N3. The Morgan fingerprint density at radius 1 is 1.24 bits per heavy atom.